The van der Waals surface area contributed by atoms with Gasteiger partial charge in [0.05, 0.1) is 12.1 Å². The highest BCUT2D eigenvalue weighted by Crippen LogP contribution is 2.37. The summed E-state index contributed by atoms with van der Waals surface area (Å²) in [5, 5.41) is 13.1. The van der Waals surface area contributed by atoms with Gasteiger partial charge in [-0.05, 0) is 54.9 Å². The molecule has 23 heavy (non-hydrogen) atoms. The number of likely N-dealkylation sites (tertiary alicyclic amines) is 1. The maximum Gasteiger partial charge on any atom is 0.217 e. The molecule has 1 heterocycles. The van der Waals surface area contributed by atoms with Crippen LogP contribution in [-0.2, 0) is 11.3 Å². The van der Waals surface area contributed by atoms with Crippen molar-refractivity contribution in [3.8, 4) is 0 Å². The first-order valence-corrected chi connectivity index (χ1v) is 8.35. The Balaban J connectivity index is 1.63. The molecule has 5 heteroatoms. The standard InChI is InChI=1S/C18H25FN2O2/c1-11-5-16(19)4-3-13(11)8-21-9-14-6-17(20-12(2)22)18(23)7-15(14)10-21/h3-5,14-15,17-18,23H,6-10H2,1-2H3,(H,20,22)/t14-,15+,17-,18-/m1/s1. The van der Waals surface area contributed by atoms with Gasteiger partial charge in [0.25, 0.3) is 0 Å². The van der Waals surface area contributed by atoms with Gasteiger partial charge in [-0.25, -0.2) is 4.39 Å². The highest BCUT2D eigenvalue weighted by Gasteiger charge is 2.41. The van der Waals surface area contributed by atoms with Crippen LogP contribution in [-0.4, -0.2) is 41.1 Å². The van der Waals surface area contributed by atoms with Crippen LogP contribution in [0.2, 0.25) is 0 Å². The lowest BCUT2D eigenvalue weighted by Gasteiger charge is -2.35. The summed E-state index contributed by atoms with van der Waals surface area (Å²) in [6.07, 6.45) is 1.13. The Kier molecular flexibility index (Phi) is 4.69. The number of hydrogen-bond acceptors (Lipinski definition) is 3. The van der Waals surface area contributed by atoms with E-state index in [1.54, 1.807) is 6.07 Å². The van der Waals surface area contributed by atoms with E-state index in [1.165, 1.54) is 13.0 Å². The van der Waals surface area contributed by atoms with E-state index in [4.69, 9.17) is 0 Å². The van der Waals surface area contributed by atoms with Gasteiger partial charge in [0, 0.05) is 26.6 Å². The predicted molar refractivity (Wildman–Crippen MR) is 86.2 cm³/mol. The quantitative estimate of drug-likeness (QED) is 0.893. The van der Waals surface area contributed by atoms with E-state index in [2.05, 4.69) is 10.2 Å². The molecule has 1 aliphatic heterocycles. The van der Waals surface area contributed by atoms with Gasteiger partial charge in [-0.1, -0.05) is 6.07 Å². The van der Waals surface area contributed by atoms with Crippen molar-refractivity contribution in [3.05, 3.63) is 35.1 Å². The van der Waals surface area contributed by atoms with Crippen molar-refractivity contribution in [2.75, 3.05) is 13.1 Å². The highest BCUT2D eigenvalue weighted by atomic mass is 19.1. The van der Waals surface area contributed by atoms with Gasteiger partial charge < -0.3 is 10.4 Å². The Hall–Kier alpha value is -1.46. The Morgan fingerprint density at radius 3 is 2.70 bits per heavy atom. The molecule has 4 nitrogen and oxygen atoms in total. The van der Waals surface area contributed by atoms with Crippen LogP contribution >= 0.6 is 0 Å². The Bertz CT molecular complexity index is 592. The van der Waals surface area contributed by atoms with Crippen molar-refractivity contribution >= 4 is 5.91 Å². The third-order valence-electron chi connectivity index (χ3n) is 5.30. The minimum Gasteiger partial charge on any atom is -0.391 e. The summed E-state index contributed by atoms with van der Waals surface area (Å²) in [6.45, 7) is 6.20. The maximum atomic E-state index is 13.2. The normalized spacial score (nSPS) is 31.0. The van der Waals surface area contributed by atoms with Crippen molar-refractivity contribution in [3.63, 3.8) is 0 Å². The minimum absolute atomic E-state index is 0.0794. The molecule has 2 N–H and O–H groups in total. The van der Waals surface area contributed by atoms with E-state index >= 15 is 0 Å². The Morgan fingerprint density at radius 2 is 2.04 bits per heavy atom. The van der Waals surface area contributed by atoms with Gasteiger partial charge in [-0.15, -0.1) is 0 Å². The van der Waals surface area contributed by atoms with Crippen molar-refractivity contribution < 1.29 is 14.3 Å². The molecule has 0 bridgehead atoms. The van der Waals surface area contributed by atoms with E-state index in [1.807, 2.05) is 13.0 Å². The first-order valence-electron chi connectivity index (χ1n) is 8.35. The average molecular weight is 320 g/mol. The molecule has 1 saturated carbocycles. The molecule has 1 aromatic carbocycles. The summed E-state index contributed by atoms with van der Waals surface area (Å²) < 4.78 is 13.2. The maximum absolute atomic E-state index is 13.2. The van der Waals surface area contributed by atoms with Gasteiger partial charge in [-0.2, -0.15) is 0 Å². The average Bonchev–Trinajstić information content (AvgIpc) is 2.83. The molecule has 2 aliphatic rings. The lowest BCUT2D eigenvalue weighted by molar-refractivity contribution is -0.121. The van der Waals surface area contributed by atoms with Crippen LogP contribution in [0.5, 0.6) is 0 Å². The molecule has 0 spiro atoms. The van der Waals surface area contributed by atoms with Crippen LogP contribution in [0.1, 0.15) is 30.9 Å². The van der Waals surface area contributed by atoms with Crippen molar-refractivity contribution in [1.29, 1.82) is 0 Å². The molecule has 3 rings (SSSR count). The number of aliphatic hydroxyl groups excluding tert-OH is 1. The fourth-order valence-corrected chi connectivity index (χ4v) is 4.15. The van der Waals surface area contributed by atoms with Crippen LogP contribution in [0.4, 0.5) is 4.39 Å². The Labute approximate surface area is 136 Å². The number of aliphatic hydroxyl groups is 1. The molecule has 1 aliphatic carbocycles. The van der Waals surface area contributed by atoms with Crippen LogP contribution < -0.4 is 5.32 Å². The minimum atomic E-state index is -0.451. The monoisotopic (exact) mass is 320 g/mol. The fraction of sp³-hybridized carbons (Fsp3) is 0.611. The smallest absolute Gasteiger partial charge is 0.217 e. The second-order valence-corrected chi connectivity index (χ2v) is 7.13. The molecule has 1 aromatic rings. The van der Waals surface area contributed by atoms with Gasteiger partial charge in [0.2, 0.25) is 5.91 Å². The molecule has 4 atom stereocenters. The largest absolute Gasteiger partial charge is 0.391 e. The first-order chi connectivity index (χ1) is 10.9. The fourth-order valence-electron chi connectivity index (χ4n) is 4.15. The number of hydrogen-bond donors (Lipinski definition) is 2. The zero-order valence-electron chi connectivity index (χ0n) is 13.8. The van der Waals surface area contributed by atoms with Crippen LogP contribution in [0.25, 0.3) is 0 Å². The topological polar surface area (TPSA) is 52.6 Å². The van der Waals surface area contributed by atoms with Crippen LogP contribution in [0.3, 0.4) is 0 Å². The summed E-state index contributed by atoms with van der Waals surface area (Å²) >= 11 is 0. The van der Waals surface area contributed by atoms with Gasteiger partial charge >= 0.3 is 0 Å². The summed E-state index contributed by atoms with van der Waals surface area (Å²) in [5.74, 6) is 0.721. The molecular formula is C18H25FN2O2. The SMILES string of the molecule is CC(=O)N[C@@H]1C[C@@H]2CN(Cc3ccc(F)cc3C)C[C@@H]2C[C@H]1O. The molecule has 0 unspecified atom stereocenters. The van der Waals surface area contributed by atoms with Gasteiger partial charge in [0.1, 0.15) is 5.82 Å². The number of carbonyl (C=O) groups is 1. The van der Waals surface area contributed by atoms with Crippen molar-refractivity contribution in [2.45, 2.75) is 45.4 Å². The number of nitrogens with one attached hydrogen (secondary N) is 1. The molecule has 1 amide bonds. The van der Waals surface area contributed by atoms with Crippen molar-refractivity contribution in [1.82, 2.24) is 10.2 Å². The summed E-state index contributed by atoms with van der Waals surface area (Å²) in [5.41, 5.74) is 2.14. The first kappa shape index (κ1) is 16.4. The summed E-state index contributed by atoms with van der Waals surface area (Å²) in [4.78, 5) is 13.6. The second-order valence-electron chi connectivity index (χ2n) is 7.13. The number of nitrogens with zero attached hydrogens (tertiary/aromatic N) is 1. The summed E-state index contributed by atoms with van der Waals surface area (Å²) in [6, 6.07) is 4.83. The predicted octanol–water partition coefficient (Wildman–Crippen LogP) is 1.84. The lowest BCUT2D eigenvalue weighted by atomic mass is 9.77. The third-order valence-corrected chi connectivity index (χ3v) is 5.30. The third kappa shape index (κ3) is 3.72. The molecule has 126 valence electrons. The molecule has 2 fully saturated rings. The van der Waals surface area contributed by atoms with Crippen molar-refractivity contribution in [2.24, 2.45) is 11.8 Å². The highest BCUT2D eigenvalue weighted by molar-refractivity contribution is 5.73. The number of fused-ring (bicyclic) bond motifs is 1. The number of halogens is 1. The molecule has 1 saturated heterocycles. The number of rotatable bonds is 3. The summed E-state index contributed by atoms with van der Waals surface area (Å²) in [7, 11) is 0. The van der Waals surface area contributed by atoms with Gasteiger partial charge in [0.15, 0.2) is 0 Å². The van der Waals surface area contributed by atoms with E-state index in [0.29, 0.717) is 11.8 Å². The van der Waals surface area contributed by atoms with Crippen LogP contribution in [0, 0.1) is 24.6 Å². The number of carbonyl (C=O) groups excluding carboxylic acids is 1. The van der Waals surface area contributed by atoms with E-state index in [9.17, 15) is 14.3 Å². The van der Waals surface area contributed by atoms with Crippen LogP contribution in [0.15, 0.2) is 18.2 Å². The van der Waals surface area contributed by atoms with Gasteiger partial charge in [-0.3, -0.25) is 9.69 Å². The molecule has 0 radical (unpaired) electrons. The van der Waals surface area contributed by atoms with E-state index in [-0.39, 0.29) is 17.8 Å². The zero-order chi connectivity index (χ0) is 16.6. The Morgan fingerprint density at radius 1 is 1.35 bits per heavy atom. The number of benzene rings is 1. The molecular weight excluding hydrogens is 295 g/mol. The van der Waals surface area contributed by atoms with E-state index < -0.39 is 6.10 Å². The second kappa shape index (κ2) is 6.57. The zero-order valence-corrected chi connectivity index (χ0v) is 13.8. The number of aryl methyl sites for hydroxylation is 1. The number of amides is 1. The molecule has 0 aromatic heterocycles. The lowest BCUT2D eigenvalue weighted by Crippen LogP contribution is -2.48. The van der Waals surface area contributed by atoms with E-state index in [0.717, 1.165) is 43.6 Å².